The van der Waals surface area contributed by atoms with Crippen LogP contribution in [0.1, 0.15) is 18.9 Å². The molecule has 0 bridgehead atoms. The zero-order valence-electron chi connectivity index (χ0n) is 15.3. The Hall–Kier alpha value is -2.99. The Morgan fingerprint density at radius 3 is 2.57 bits per heavy atom. The zero-order valence-corrected chi connectivity index (χ0v) is 16.1. The molecule has 2 aromatic rings. The highest BCUT2D eigenvalue weighted by molar-refractivity contribution is 6.30. The molecule has 0 spiro atoms. The lowest BCUT2D eigenvalue weighted by Gasteiger charge is -2.12. The molecule has 28 heavy (non-hydrogen) atoms. The van der Waals surface area contributed by atoms with Crippen LogP contribution in [-0.4, -0.2) is 31.2 Å². The van der Waals surface area contributed by atoms with E-state index < -0.39 is 18.0 Å². The van der Waals surface area contributed by atoms with E-state index in [1.165, 1.54) is 13.0 Å². The summed E-state index contributed by atoms with van der Waals surface area (Å²) in [7, 11) is 0. The van der Waals surface area contributed by atoms with Crippen molar-refractivity contribution in [1.29, 1.82) is 0 Å². The fourth-order valence-corrected chi connectivity index (χ4v) is 2.62. The van der Waals surface area contributed by atoms with Gasteiger partial charge in [-0.15, -0.1) is 0 Å². The standard InChI is InChI=1S/C21H20ClNO5/c1-14(21(25)23-17-7-5-16(22)6-8-17)28-20(24)10-4-15-3-9-18-19(13-15)27-12-2-11-26-18/h3-10,13-14H,2,11-12H2,1H3,(H,23,25)/b10-4+/t14-/m1/s1. The largest absolute Gasteiger partial charge is 0.490 e. The number of hydrogen-bond acceptors (Lipinski definition) is 5. The van der Waals surface area contributed by atoms with Gasteiger partial charge >= 0.3 is 5.97 Å². The first kappa shape index (κ1) is 19.8. The molecule has 2 aromatic carbocycles. The maximum atomic E-state index is 12.1. The number of carbonyl (C=O) groups is 2. The van der Waals surface area contributed by atoms with Crippen LogP contribution in [0.3, 0.4) is 0 Å². The number of nitrogens with one attached hydrogen (secondary N) is 1. The highest BCUT2D eigenvalue weighted by Crippen LogP contribution is 2.30. The normalized spacial score (nSPS) is 14.2. The SMILES string of the molecule is C[C@@H](OC(=O)/C=C/c1ccc2c(c1)OCCCO2)C(=O)Nc1ccc(Cl)cc1. The molecule has 1 aliphatic heterocycles. The van der Waals surface area contributed by atoms with Crippen molar-refractivity contribution < 1.29 is 23.8 Å². The first-order valence-electron chi connectivity index (χ1n) is 8.86. The number of hydrogen-bond donors (Lipinski definition) is 1. The van der Waals surface area contributed by atoms with Gasteiger partial charge in [-0.1, -0.05) is 17.7 Å². The first-order chi connectivity index (χ1) is 13.5. The van der Waals surface area contributed by atoms with Crippen LogP contribution in [0.25, 0.3) is 6.08 Å². The number of halogens is 1. The molecule has 1 N–H and O–H groups in total. The van der Waals surface area contributed by atoms with Gasteiger partial charge in [-0.3, -0.25) is 4.79 Å². The number of carbonyl (C=O) groups excluding carboxylic acids is 2. The second-order valence-electron chi connectivity index (χ2n) is 6.17. The van der Waals surface area contributed by atoms with Gasteiger partial charge in [0.1, 0.15) is 0 Å². The second kappa shape index (κ2) is 9.28. The van der Waals surface area contributed by atoms with E-state index in [0.29, 0.717) is 35.4 Å². The molecule has 1 heterocycles. The van der Waals surface area contributed by atoms with Crippen molar-refractivity contribution in [2.45, 2.75) is 19.4 Å². The van der Waals surface area contributed by atoms with Crippen LogP contribution in [0.15, 0.2) is 48.5 Å². The minimum Gasteiger partial charge on any atom is -0.490 e. The molecular formula is C21H20ClNO5. The highest BCUT2D eigenvalue weighted by Gasteiger charge is 2.17. The van der Waals surface area contributed by atoms with Gasteiger partial charge in [-0.05, 0) is 55.0 Å². The van der Waals surface area contributed by atoms with E-state index in [9.17, 15) is 9.59 Å². The first-order valence-corrected chi connectivity index (χ1v) is 9.24. The molecule has 7 heteroatoms. The fourth-order valence-electron chi connectivity index (χ4n) is 2.49. The molecule has 3 rings (SSSR count). The van der Waals surface area contributed by atoms with E-state index in [1.807, 2.05) is 6.07 Å². The molecular weight excluding hydrogens is 382 g/mol. The Morgan fingerprint density at radius 2 is 1.82 bits per heavy atom. The van der Waals surface area contributed by atoms with Crippen LogP contribution in [-0.2, 0) is 14.3 Å². The predicted octanol–water partition coefficient (Wildman–Crippen LogP) is 4.08. The number of benzene rings is 2. The number of ether oxygens (including phenoxy) is 3. The van der Waals surface area contributed by atoms with Gasteiger partial charge in [0.05, 0.1) is 13.2 Å². The number of fused-ring (bicyclic) bond motifs is 1. The number of amides is 1. The zero-order chi connectivity index (χ0) is 19.9. The van der Waals surface area contributed by atoms with Gasteiger partial charge < -0.3 is 19.5 Å². The Bertz CT molecular complexity index is 879. The van der Waals surface area contributed by atoms with E-state index in [1.54, 1.807) is 42.5 Å². The Labute approximate surface area is 168 Å². The minimum absolute atomic E-state index is 0.431. The third kappa shape index (κ3) is 5.50. The third-order valence-electron chi connectivity index (χ3n) is 3.96. The summed E-state index contributed by atoms with van der Waals surface area (Å²) < 4.78 is 16.3. The average molecular weight is 402 g/mol. The Morgan fingerprint density at radius 1 is 1.11 bits per heavy atom. The summed E-state index contributed by atoms with van der Waals surface area (Å²) in [6.45, 7) is 2.71. The van der Waals surface area contributed by atoms with Crippen LogP contribution < -0.4 is 14.8 Å². The lowest BCUT2D eigenvalue weighted by atomic mass is 10.2. The maximum absolute atomic E-state index is 12.1. The smallest absolute Gasteiger partial charge is 0.331 e. The number of esters is 1. The molecule has 0 radical (unpaired) electrons. The Balaban J connectivity index is 1.54. The average Bonchev–Trinajstić information content (AvgIpc) is 2.93. The van der Waals surface area contributed by atoms with Crippen LogP contribution in [0.4, 0.5) is 5.69 Å². The van der Waals surface area contributed by atoms with Gasteiger partial charge in [0.2, 0.25) is 0 Å². The molecule has 0 unspecified atom stereocenters. The van der Waals surface area contributed by atoms with Crippen LogP contribution >= 0.6 is 11.6 Å². The molecule has 0 aromatic heterocycles. The van der Waals surface area contributed by atoms with Gasteiger partial charge in [-0.25, -0.2) is 4.79 Å². The molecule has 0 saturated carbocycles. The molecule has 0 saturated heterocycles. The van der Waals surface area contributed by atoms with Crippen molar-refractivity contribution in [3.05, 3.63) is 59.1 Å². The predicted molar refractivity (Wildman–Crippen MR) is 107 cm³/mol. The fraction of sp³-hybridized carbons (Fsp3) is 0.238. The van der Waals surface area contributed by atoms with Gasteiger partial charge in [-0.2, -0.15) is 0 Å². The van der Waals surface area contributed by atoms with E-state index in [2.05, 4.69) is 5.32 Å². The van der Waals surface area contributed by atoms with Crippen molar-refractivity contribution in [2.75, 3.05) is 18.5 Å². The van der Waals surface area contributed by atoms with Crippen molar-refractivity contribution >= 4 is 35.2 Å². The molecule has 146 valence electrons. The number of rotatable bonds is 5. The molecule has 1 aliphatic rings. The molecule has 1 amide bonds. The van der Waals surface area contributed by atoms with Gasteiger partial charge in [0, 0.05) is 23.2 Å². The summed E-state index contributed by atoms with van der Waals surface area (Å²) in [4.78, 5) is 24.1. The minimum atomic E-state index is -0.948. The summed E-state index contributed by atoms with van der Waals surface area (Å²) in [6.07, 6.45) is 2.74. The lowest BCUT2D eigenvalue weighted by Crippen LogP contribution is -2.29. The van der Waals surface area contributed by atoms with Crippen molar-refractivity contribution in [3.8, 4) is 11.5 Å². The van der Waals surface area contributed by atoms with E-state index >= 15 is 0 Å². The maximum Gasteiger partial charge on any atom is 0.331 e. The van der Waals surface area contributed by atoms with Crippen LogP contribution in [0.5, 0.6) is 11.5 Å². The third-order valence-corrected chi connectivity index (χ3v) is 4.21. The van der Waals surface area contributed by atoms with Crippen LogP contribution in [0, 0.1) is 0 Å². The van der Waals surface area contributed by atoms with E-state index in [0.717, 1.165) is 12.0 Å². The van der Waals surface area contributed by atoms with Crippen molar-refractivity contribution in [1.82, 2.24) is 0 Å². The Kier molecular flexibility index (Phi) is 6.55. The summed E-state index contributed by atoms with van der Waals surface area (Å²) in [5.74, 6) is 0.277. The van der Waals surface area contributed by atoms with E-state index in [4.69, 9.17) is 25.8 Å². The molecule has 6 nitrogen and oxygen atoms in total. The molecule has 0 fully saturated rings. The van der Waals surface area contributed by atoms with E-state index in [-0.39, 0.29) is 0 Å². The lowest BCUT2D eigenvalue weighted by molar-refractivity contribution is -0.148. The number of anilines is 1. The van der Waals surface area contributed by atoms with Gasteiger partial charge in [0.15, 0.2) is 17.6 Å². The summed E-state index contributed by atoms with van der Waals surface area (Å²) in [5, 5.41) is 3.23. The van der Waals surface area contributed by atoms with Gasteiger partial charge in [0.25, 0.3) is 5.91 Å². The van der Waals surface area contributed by atoms with Crippen LogP contribution in [0.2, 0.25) is 5.02 Å². The molecule has 0 aliphatic carbocycles. The summed E-state index contributed by atoms with van der Waals surface area (Å²) in [6, 6.07) is 12.1. The topological polar surface area (TPSA) is 73.9 Å². The highest BCUT2D eigenvalue weighted by atomic mass is 35.5. The summed E-state index contributed by atoms with van der Waals surface area (Å²) in [5.41, 5.74) is 1.33. The second-order valence-corrected chi connectivity index (χ2v) is 6.60. The monoisotopic (exact) mass is 401 g/mol. The molecule has 1 atom stereocenters. The van der Waals surface area contributed by atoms with Crippen molar-refractivity contribution in [2.24, 2.45) is 0 Å². The van der Waals surface area contributed by atoms with Crippen molar-refractivity contribution in [3.63, 3.8) is 0 Å². The quantitative estimate of drug-likeness (QED) is 0.603. The summed E-state index contributed by atoms with van der Waals surface area (Å²) >= 11 is 5.81.